The molecule has 2 fully saturated rings. The standard InChI is InChI=1S/C15H25N3OS/c1-18-9-5-6-12(10-18)11-20-15-17-16-14(19-15)13-7-3-2-4-8-13/h12-13H,2-11H2,1H3. The topological polar surface area (TPSA) is 42.2 Å². The first-order chi connectivity index (χ1) is 9.81. The van der Waals surface area contributed by atoms with Gasteiger partial charge in [-0.2, -0.15) is 0 Å². The summed E-state index contributed by atoms with van der Waals surface area (Å²) in [5.74, 6) is 3.28. The van der Waals surface area contributed by atoms with Crippen LogP contribution in [-0.4, -0.2) is 41.0 Å². The van der Waals surface area contributed by atoms with Gasteiger partial charge in [-0.1, -0.05) is 31.0 Å². The van der Waals surface area contributed by atoms with Crippen LogP contribution in [0.5, 0.6) is 0 Å². The van der Waals surface area contributed by atoms with Crippen LogP contribution in [0.2, 0.25) is 0 Å². The van der Waals surface area contributed by atoms with Gasteiger partial charge in [0.1, 0.15) is 0 Å². The number of rotatable bonds is 4. The van der Waals surface area contributed by atoms with E-state index in [2.05, 4.69) is 22.1 Å². The smallest absolute Gasteiger partial charge is 0.276 e. The molecule has 2 heterocycles. The number of nitrogens with zero attached hydrogens (tertiary/aromatic N) is 3. The number of hydrogen-bond donors (Lipinski definition) is 0. The number of piperidine rings is 1. The van der Waals surface area contributed by atoms with E-state index in [1.165, 1.54) is 58.0 Å². The maximum Gasteiger partial charge on any atom is 0.276 e. The van der Waals surface area contributed by atoms with Crippen LogP contribution in [0, 0.1) is 5.92 Å². The molecule has 1 unspecified atom stereocenters. The zero-order chi connectivity index (χ0) is 13.8. The lowest BCUT2D eigenvalue weighted by Gasteiger charge is -2.28. The first-order valence-corrected chi connectivity index (χ1v) is 8.94. The molecule has 1 saturated heterocycles. The van der Waals surface area contributed by atoms with Crippen molar-refractivity contribution in [2.75, 3.05) is 25.9 Å². The maximum atomic E-state index is 5.87. The Balaban J connectivity index is 1.49. The van der Waals surface area contributed by atoms with Crippen LogP contribution in [0.15, 0.2) is 9.64 Å². The van der Waals surface area contributed by atoms with Crippen LogP contribution in [-0.2, 0) is 0 Å². The maximum absolute atomic E-state index is 5.87. The van der Waals surface area contributed by atoms with Gasteiger partial charge in [-0.3, -0.25) is 0 Å². The van der Waals surface area contributed by atoms with Crippen molar-refractivity contribution in [2.24, 2.45) is 5.92 Å². The fraction of sp³-hybridized carbons (Fsp3) is 0.867. The Hall–Kier alpha value is -0.550. The first-order valence-electron chi connectivity index (χ1n) is 7.96. The molecule has 0 N–H and O–H groups in total. The Morgan fingerprint density at radius 2 is 2.00 bits per heavy atom. The third kappa shape index (κ3) is 3.76. The molecular formula is C15H25N3OS. The molecule has 3 rings (SSSR count). The molecule has 0 radical (unpaired) electrons. The third-order valence-electron chi connectivity index (χ3n) is 4.54. The molecule has 1 aromatic rings. The molecule has 2 aliphatic rings. The van der Waals surface area contributed by atoms with E-state index < -0.39 is 0 Å². The van der Waals surface area contributed by atoms with Gasteiger partial charge in [-0.25, -0.2) is 0 Å². The molecule has 1 aliphatic carbocycles. The zero-order valence-corrected chi connectivity index (χ0v) is 13.2. The fourth-order valence-electron chi connectivity index (χ4n) is 3.39. The molecule has 4 nitrogen and oxygen atoms in total. The summed E-state index contributed by atoms with van der Waals surface area (Å²) >= 11 is 1.75. The molecule has 1 aromatic heterocycles. The van der Waals surface area contributed by atoms with Crippen LogP contribution in [0.25, 0.3) is 0 Å². The monoisotopic (exact) mass is 295 g/mol. The summed E-state index contributed by atoms with van der Waals surface area (Å²) in [6.45, 7) is 2.45. The van der Waals surface area contributed by atoms with Gasteiger partial charge in [0.15, 0.2) is 0 Å². The molecule has 1 saturated carbocycles. The van der Waals surface area contributed by atoms with E-state index >= 15 is 0 Å². The average Bonchev–Trinajstić information content (AvgIpc) is 2.95. The van der Waals surface area contributed by atoms with Gasteiger partial charge in [-0.15, -0.1) is 10.2 Å². The zero-order valence-electron chi connectivity index (χ0n) is 12.4. The van der Waals surface area contributed by atoms with Crippen LogP contribution in [0.1, 0.15) is 56.8 Å². The van der Waals surface area contributed by atoms with E-state index in [1.54, 1.807) is 11.8 Å². The largest absolute Gasteiger partial charge is 0.416 e. The van der Waals surface area contributed by atoms with Gasteiger partial charge in [0.2, 0.25) is 5.89 Å². The Morgan fingerprint density at radius 3 is 2.80 bits per heavy atom. The molecular weight excluding hydrogens is 270 g/mol. The summed E-state index contributed by atoms with van der Waals surface area (Å²) < 4.78 is 5.87. The molecule has 1 atom stereocenters. The van der Waals surface area contributed by atoms with Crippen molar-refractivity contribution in [2.45, 2.75) is 56.1 Å². The minimum atomic E-state index is 0.520. The molecule has 0 aromatic carbocycles. The molecule has 1 aliphatic heterocycles. The lowest BCUT2D eigenvalue weighted by Crippen LogP contribution is -2.33. The minimum absolute atomic E-state index is 0.520. The van der Waals surface area contributed by atoms with Crippen molar-refractivity contribution in [1.29, 1.82) is 0 Å². The SMILES string of the molecule is CN1CCCC(CSc2nnc(C3CCCCC3)o2)C1. The summed E-state index contributed by atoms with van der Waals surface area (Å²) in [7, 11) is 2.21. The molecule has 0 amide bonds. The van der Waals surface area contributed by atoms with Crippen molar-refractivity contribution in [3.63, 3.8) is 0 Å². The van der Waals surface area contributed by atoms with Crippen molar-refractivity contribution in [3.05, 3.63) is 5.89 Å². The Kier molecular flexibility index (Phi) is 4.99. The van der Waals surface area contributed by atoms with Crippen LogP contribution < -0.4 is 0 Å². The van der Waals surface area contributed by atoms with E-state index in [-0.39, 0.29) is 0 Å². The molecule has 112 valence electrons. The third-order valence-corrected chi connectivity index (χ3v) is 5.59. The predicted molar refractivity (Wildman–Crippen MR) is 81.1 cm³/mol. The van der Waals surface area contributed by atoms with E-state index in [0.29, 0.717) is 5.92 Å². The number of aromatic nitrogens is 2. The van der Waals surface area contributed by atoms with Gasteiger partial charge in [0.25, 0.3) is 5.22 Å². The first kappa shape index (κ1) is 14.4. The second-order valence-corrected chi connectivity index (χ2v) is 7.29. The predicted octanol–water partition coefficient (Wildman–Crippen LogP) is 3.55. The van der Waals surface area contributed by atoms with Gasteiger partial charge < -0.3 is 9.32 Å². The van der Waals surface area contributed by atoms with E-state index in [4.69, 9.17) is 4.42 Å². The van der Waals surface area contributed by atoms with Gasteiger partial charge in [0.05, 0.1) is 0 Å². The fourth-order valence-corrected chi connectivity index (χ4v) is 4.28. The summed E-state index contributed by atoms with van der Waals surface area (Å²) in [5.41, 5.74) is 0. The quantitative estimate of drug-likeness (QED) is 0.795. The Morgan fingerprint density at radius 1 is 1.15 bits per heavy atom. The minimum Gasteiger partial charge on any atom is -0.416 e. The highest BCUT2D eigenvalue weighted by Gasteiger charge is 2.22. The van der Waals surface area contributed by atoms with Gasteiger partial charge in [-0.05, 0) is 45.2 Å². The van der Waals surface area contributed by atoms with Gasteiger partial charge >= 0.3 is 0 Å². The highest BCUT2D eigenvalue weighted by molar-refractivity contribution is 7.99. The molecule has 20 heavy (non-hydrogen) atoms. The van der Waals surface area contributed by atoms with E-state index in [9.17, 15) is 0 Å². The number of likely N-dealkylation sites (tertiary alicyclic amines) is 1. The van der Waals surface area contributed by atoms with E-state index in [0.717, 1.165) is 22.8 Å². The normalized spacial score (nSPS) is 25.9. The van der Waals surface area contributed by atoms with Crippen molar-refractivity contribution >= 4 is 11.8 Å². The van der Waals surface area contributed by atoms with Crippen LogP contribution in [0.4, 0.5) is 0 Å². The van der Waals surface area contributed by atoms with Crippen molar-refractivity contribution in [3.8, 4) is 0 Å². The Labute approximate surface area is 125 Å². The lowest BCUT2D eigenvalue weighted by molar-refractivity contribution is 0.224. The molecule has 0 bridgehead atoms. The number of thioether (sulfide) groups is 1. The Bertz CT molecular complexity index is 417. The molecule has 5 heteroatoms. The van der Waals surface area contributed by atoms with Gasteiger partial charge in [0, 0.05) is 18.2 Å². The van der Waals surface area contributed by atoms with Crippen LogP contribution in [0.3, 0.4) is 0 Å². The second-order valence-electron chi connectivity index (χ2n) is 6.32. The highest BCUT2D eigenvalue weighted by Crippen LogP contribution is 2.33. The second kappa shape index (κ2) is 6.94. The average molecular weight is 295 g/mol. The van der Waals surface area contributed by atoms with Crippen LogP contribution >= 0.6 is 11.8 Å². The summed E-state index contributed by atoms with van der Waals surface area (Å²) in [5, 5.41) is 9.27. The van der Waals surface area contributed by atoms with Crippen molar-refractivity contribution in [1.82, 2.24) is 15.1 Å². The summed E-state index contributed by atoms with van der Waals surface area (Å²) in [6, 6.07) is 0. The van der Waals surface area contributed by atoms with Crippen molar-refractivity contribution < 1.29 is 4.42 Å². The van der Waals surface area contributed by atoms with E-state index in [1.807, 2.05) is 0 Å². The number of hydrogen-bond acceptors (Lipinski definition) is 5. The lowest BCUT2D eigenvalue weighted by atomic mass is 9.89. The summed E-state index contributed by atoms with van der Waals surface area (Å²) in [4.78, 5) is 2.43. The highest BCUT2D eigenvalue weighted by atomic mass is 32.2. The molecule has 0 spiro atoms. The summed E-state index contributed by atoms with van der Waals surface area (Å²) in [6.07, 6.45) is 9.08.